The largest absolute Gasteiger partial charge is 0.495 e. The van der Waals surface area contributed by atoms with Crippen LogP contribution in [-0.4, -0.2) is 34.6 Å². The van der Waals surface area contributed by atoms with Gasteiger partial charge in [-0.3, -0.25) is 4.79 Å². The lowest BCUT2D eigenvalue weighted by Gasteiger charge is -2.16. The Morgan fingerprint density at radius 3 is 2.23 bits per heavy atom. The van der Waals surface area contributed by atoms with Gasteiger partial charge < -0.3 is 20.1 Å². The third kappa shape index (κ3) is 5.16. The molecule has 3 aromatic rings. The number of carbonyl (C=O) groups is 1. The van der Waals surface area contributed by atoms with Gasteiger partial charge in [0.1, 0.15) is 16.4 Å². The summed E-state index contributed by atoms with van der Waals surface area (Å²) in [5.41, 5.74) is 0.815. The number of rotatable bonds is 9. The number of benzene rings is 3. The van der Waals surface area contributed by atoms with Crippen molar-refractivity contribution in [1.29, 1.82) is 0 Å². The van der Waals surface area contributed by atoms with E-state index in [-0.39, 0.29) is 33.7 Å². The lowest BCUT2D eigenvalue weighted by atomic mass is 10.2. The molecule has 0 aliphatic heterocycles. The number of hydrogen-bond donors (Lipinski definition) is 2. The van der Waals surface area contributed by atoms with Crippen LogP contribution in [-0.2, 0) is 14.6 Å². The fraction of sp³-hybridized carbons (Fsp3) is 0.174. The quantitative estimate of drug-likeness (QED) is 0.523. The third-order valence-corrected chi connectivity index (χ3v) is 6.27. The van der Waals surface area contributed by atoms with E-state index in [1.54, 1.807) is 54.6 Å². The van der Waals surface area contributed by atoms with Crippen molar-refractivity contribution in [3.8, 4) is 11.5 Å². The Labute approximate surface area is 181 Å². The molecule has 0 bridgehead atoms. The predicted molar refractivity (Wildman–Crippen MR) is 120 cm³/mol. The summed E-state index contributed by atoms with van der Waals surface area (Å²) in [6, 6.07) is 20.0. The number of amides is 1. The molecule has 31 heavy (non-hydrogen) atoms. The molecule has 0 unspecified atom stereocenters. The van der Waals surface area contributed by atoms with Gasteiger partial charge in [0.05, 0.1) is 36.5 Å². The summed E-state index contributed by atoms with van der Waals surface area (Å²) in [7, 11) is -2.47. The molecule has 2 N–H and O–H groups in total. The summed E-state index contributed by atoms with van der Waals surface area (Å²) in [5, 5.41) is 5.70. The molecule has 0 fully saturated rings. The van der Waals surface area contributed by atoms with E-state index in [0.717, 1.165) is 0 Å². The van der Waals surface area contributed by atoms with E-state index >= 15 is 0 Å². The molecule has 0 radical (unpaired) electrons. The van der Waals surface area contributed by atoms with Crippen molar-refractivity contribution >= 4 is 27.1 Å². The van der Waals surface area contributed by atoms with Gasteiger partial charge in [0.25, 0.3) is 0 Å². The van der Waals surface area contributed by atoms with Gasteiger partial charge in [0.15, 0.2) is 0 Å². The van der Waals surface area contributed by atoms with Crippen LogP contribution in [0.5, 0.6) is 11.5 Å². The molecular formula is C23H24N2O5S. The first-order valence-corrected chi connectivity index (χ1v) is 11.2. The lowest BCUT2D eigenvalue weighted by molar-refractivity contribution is -0.114. The van der Waals surface area contributed by atoms with E-state index < -0.39 is 9.84 Å². The van der Waals surface area contributed by atoms with Gasteiger partial charge in [0, 0.05) is 0 Å². The molecule has 0 saturated carbocycles. The zero-order chi connectivity index (χ0) is 22.3. The molecule has 162 valence electrons. The normalized spacial score (nSPS) is 10.9. The van der Waals surface area contributed by atoms with E-state index in [1.807, 2.05) is 13.0 Å². The Bertz CT molecular complexity index is 1150. The van der Waals surface area contributed by atoms with Crippen molar-refractivity contribution < 1.29 is 22.7 Å². The summed E-state index contributed by atoms with van der Waals surface area (Å²) < 4.78 is 37.3. The summed E-state index contributed by atoms with van der Waals surface area (Å²) >= 11 is 0. The number of methoxy groups -OCH3 is 1. The smallest absolute Gasteiger partial charge is 0.243 e. The van der Waals surface area contributed by atoms with Gasteiger partial charge in [-0.25, -0.2) is 8.42 Å². The number of sulfone groups is 1. The molecule has 0 heterocycles. The van der Waals surface area contributed by atoms with Crippen LogP contribution in [0, 0.1) is 0 Å². The molecule has 3 aromatic carbocycles. The fourth-order valence-electron chi connectivity index (χ4n) is 3.03. The second-order valence-electron chi connectivity index (χ2n) is 6.48. The minimum Gasteiger partial charge on any atom is -0.495 e. The average molecular weight is 441 g/mol. The summed E-state index contributed by atoms with van der Waals surface area (Å²) in [5.74, 6) is 0.404. The van der Waals surface area contributed by atoms with E-state index in [0.29, 0.717) is 18.0 Å². The fourth-order valence-corrected chi connectivity index (χ4v) is 4.63. The summed E-state index contributed by atoms with van der Waals surface area (Å²) in [6.07, 6.45) is 0. The van der Waals surface area contributed by atoms with Crippen LogP contribution in [0.25, 0.3) is 0 Å². The second kappa shape index (κ2) is 9.99. The Morgan fingerprint density at radius 1 is 0.871 bits per heavy atom. The van der Waals surface area contributed by atoms with Gasteiger partial charge in [-0.1, -0.05) is 36.4 Å². The number of hydrogen-bond acceptors (Lipinski definition) is 6. The molecule has 8 heteroatoms. The molecule has 0 aliphatic carbocycles. The second-order valence-corrected chi connectivity index (χ2v) is 8.37. The summed E-state index contributed by atoms with van der Waals surface area (Å²) in [4.78, 5) is 12.6. The van der Waals surface area contributed by atoms with Crippen LogP contribution in [0.4, 0.5) is 11.4 Å². The first kappa shape index (κ1) is 22.2. The maximum atomic E-state index is 13.2. The van der Waals surface area contributed by atoms with Gasteiger partial charge in [0.2, 0.25) is 15.7 Å². The van der Waals surface area contributed by atoms with Crippen molar-refractivity contribution in [1.82, 2.24) is 0 Å². The van der Waals surface area contributed by atoms with Gasteiger partial charge in [-0.15, -0.1) is 0 Å². The number of ether oxygens (including phenoxy) is 2. The highest BCUT2D eigenvalue weighted by Crippen LogP contribution is 2.35. The zero-order valence-corrected chi connectivity index (χ0v) is 18.1. The van der Waals surface area contributed by atoms with Gasteiger partial charge in [-0.05, 0) is 43.3 Å². The highest BCUT2D eigenvalue weighted by atomic mass is 32.2. The molecule has 0 aromatic heterocycles. The summed E-state index contributed by atoms with van der Waals surface area (Å²) in [6.45, 7) is 2.18. The van der Waals surface area contributed by atoms with E-state index in [2.05, 4.69) is 10.6 Å². The highest BCUT2D eigenvalue weighted by Gasteiger charge is 2.26. The third-order valence-electron chi connectivity index (χ3n) is 4.42. The van der Waals surface area contributed by atoms with E-state index in [1.165, 1.54) is 19.2 Å². The van der Waals surface area contributed by atoms with Crippen LogP contribution in [0.2, 0.25) is 0 Å². The lowest BCUT2D eigenvalue weighted by Crippen LogP contribution is -2.23. The molecule has 3 rings (SSSR count). The van der Waals surface area contributed by atoms with Gasteiger partial charge in [-0.2, -0.15) is 0 Å². The number of nitrogens with one attached hydrogen (secondary N) is 2. The van der Waals surface area contributed by atoms with Crippen molar-refractivity contribution in [3.05, 3.63) is 72.8 Å². The predicted octanol–water partition coefficient (Wildman–Crippen LogP) is 3.98. The van der Waals surface area contributed by atoms with Crippen LogP contribution in [0.3, 0.4) is 0 Å². The standard InChI is InChI=1S/C23H24N2O5S/c1-3-30-20-14-8-7-12-18(20)25-22(26)16-24-19-13-9-15-21(29-2)23(19)31(27,28)17-10-5-4-6-11-17/h4-15,24H,3,16H2,1-2H3,(H,25,26). The molecule has 0 spiro atoms. The molecular weight excluding hydrogens is 416 g/mol. The Hall–Kier alpha value is -3.52. The average Bonchev–Trinajstić information content (AvgIpc) is 2.79. The minimum atomic E-state index is -3.87. The van der Waals surface area contributed by atoms with Crippen LogP contribution < -0.4 is 20.1 Å². The van der Waals surface area contributed by atoms with E-state index in [9.17, 15) is 13.2 Å². The zero-order valence-electron chi connectivity index (χ0n) is 17.3. The Morgan fingerprint density at radius 2 is 1.52 bits per heavy atom. The molecule has 7 nitrogen and oxygen atoms in total. The van der Waals surface area contributed by atoms with Crippen LogP contribution in [0.15, 0.2) is 82.6 Å². The highest BCUT2D eigenvalue weighted by molar-refractivity contribution is 7.91. The number of carbonyl (C=O) groups excluding carboxylic acids is 1. The Balaban J connectivity index is 1.84. The minimum absolute atomic E-state index is 0.0220. The SMILES string of the molecule is CCOc1ccccc1NC(=O)CNc1cccc(OC)c1S(=O)(=O)c1ccccc1. The van der Waals surface area contributed by atoms with Crippen LogP contribution in [0.1, 0.15) is 6.92 Å². The molecule has 0 aliphatic rings. The molecule has 1 amide bonds. The number of anilines is 2. The molecule has 0 atom stereocenters. The maximum absolute atomic E-state index is 13.2. The Kier molecular flexibility index (Phi) is 7.15. The van der Waals surface area contributed by atoms with E-state index in [4.69, 9.17) is 9.47 Å². The monoisotopic (exact) mass is 440 g/mol. The first-order chi connectivity index (χ1) is 15.0. The van der Waals surface area contributed by atoms with Crippen molar-refractivity contribution in [2.75, 3.05) is 30.9 Å². The molecule has 0 saturated heterocycles. The maximum Gasteiger partial charge on any atom is 0.243 e. The van der Waals surface area contributed by atoms with Gasteiger partial charge >= 0.3 is 0 Å². The number of para-hydroxylation sites is 2. The van der Waals surface area contributed by atoms with Crippen molar-refractivity contribution in [2.24, 2.45) is 0 Å². The topological polar surface area (TPSA) is 93.7 Å². The van der Waals surface area contributed by atoms with Crippen molar-refractivity contribution in [3.63, 3.8) is 0 Å². The van der Waals surface area contributed by atoms with Crippen LogP contribution >= 0.6 is 0 Å². The first-order valence-electron chi connectivity index (χ1n) is 9.70. The van der Waals surface area contributed by atoms with Crippen molar-refractivity contribution in [2.45, 2.75) is 16.7 Å².